The maximum Gasteiger partial charge on any atom is 0.325 e. The van der Waals surface area contributed by atoms with Crippen LogP contribution in [0.3, 0.4) is 0 Å². The third-order valence-electron chi connectivity index (χ3n) is 5.66. The summed E-state index contributed by atoms with van der Waals surface area (Å²) in [5.41, 5.74) is 0.630. The summed E-state index contributed by atoms with van der Waals surface area (Å²) in [5, 5.41) is 14.1. The molecular weight excluding hydrogens is 443 g/mol. The number of rotatable bonds is 6. The van der Waals surface area contributed by atoms with Gasteiger partial charge in [-0.1, -0.05) is 29.3 Å². The molecule has 0 unspecified atom stereocenters. The fourth-order valence-corrected chi connectivity index (χ4v) is 4.51. The van der Waals surface area contributed by atoms with Gasteiger partial charge in [0.2, 0.25) is 0 Å². The first kappa shape index (κ1) is 21.7. The first-order valence-electron chi connectivity index (χ1n) is 9.91. The number of amides is 3. The Morgan fingerprint density at radius 2 is 2.03 bits per heavy atom. The first-order chi connectivity index (χ1) is 14.8. The molecular formula is C22H22Cl2N2O5. The van der Waals surface area contributed by atoms with Crippen molar-refractivity contribution in [3.8, 4) is 11.5 Å². The van der Waals surface area contributed by atoms with Gasteiger partial charge in [-0.05, 0) is 54.7 Å². The van der Waals surface area contributed by atoms with Crippen molar-refractivity contribution in [3.63, 3.8) is 0 Å². The second-order valence-electron chi connectivity index (χ2n) is 7.67. The van der Waals surface area contributed by atoms with Crippen LogP contribution in [0.15, 0.2) is 36.4 Å². The van der Waals surface area contributed by atoms with Gasteiger partial charge in [-0.2, -0.15) is 0 Å². The molecule has 2 N–H and O–H groups in total. The van der Waals surface area contributed by atoms with Gasteiger partial charge in [-0.3, -0.25) is 9.69 Å². The number of nitrogens with zero attached hydrogens (tertiary/aromatic N) is 1. The number of ether oxygens (including phenoxy) is 2. The Bertz CT molecular complexity index is 1030. The minimum Gasteiger partial charge on any atom is -0.497 e. The normalized spacial score (nSPS) is 21.1. The number of methoxy groups -OCH3 is 1. The molecule has 3 amide bonds. The molecule has 2 aliphatic rings. The van der Waals surface area contributed by atoms with Crippen LogP contribution in [0.4, 0.5) is 4.79 Å². The summed E-state index contributed by atoms with van der Waals surface area (Å²) in [4.78, 5) is 27.1. The van der Waals surface area contributed by atoms with Crippen LogP contribution < -0.4 is 14.8 Å². The molecule has 31 heavy (non-hydrogen) atoms. The number of aliphatic hydroxyl groups excluding tert-OH is 1. The van der Waals surface area contributed by atoms with Crippen molar-refractivity contribution >= 4 is 35.1 Å². The summed E-state index contributed by atoms with van der Waals surface area (Å²) in [6, 6.07) is 9.72. The minimum absolute atomic E-state index is 0.155. The molecule has 7 nitrogen and oxygen atoms in total. The zero-order valence-electron chi connectivity index (χ0n) is 16.9. The van der Waals surface area contributed by atoms with E-state index in [1.807, 2.05) is 12.1 Å². The van der Waals surface area contributed by atoms with E-state index in [-0.39, 0.29) is 19.1 Å². The number of carbonyl (C=O) groups excluding carboxylic acids is 2. The maximum absolute atomic E-state index is 13.3. The maximum atomic E-state index is 13.3. The van der Waals surface area contributed by atoms with Gasteiger partial charge in [0.1, 0.15) is 29.7 Å². The summed E-state index contributed by atoms with van der Waals surface area (Å²) in [6.45, 7) is -0.353. The van der Waals surface area contributed by atoms with Crippen LogP contribution in [-0.2, 0) is 16.8 Å². The summed E-state index contributed by atoms with van der Waals surface area (Å²) < 4.78 is 10.8. The molecule has 1 spiro atoms. The molecule has 1 saturated heterocycles. The molecule has 0 saturated carbocycles. The van der Waals surface area contributed by atoms with E-state index < -0.39 is 17.7 Å². The van der Waals surface area contributed by atoms with Gasteiger partial charge < -0.3 is 19.9 Å². The van der Waals surface area contributed by atoms with Crippen LogP contribution in [0.2, 0.25) is 10.0 Å². The van der Waals surface area contributed by atoms with Gasteiger partial charge in [0.15, 0.2) is 0 Å². The van der Waals surface area contributed by atoms with Crippen molar-refractivity contribution in [1.29, 1.82) is 0 Å². The van der Waals surface area contributed by atoms with Crippen LogP contribution >= 0.6 is 23.2 Å². The molecule has 9 heteroatoms. The number of hydrogen-bond donors (Lipinski definition) is 2. The number of aryl methyl sites for hydroxylation is 1. The molecule has 1 aliphatic carbocycles. The number of hydrogen-bond acceptors (Lipinski definition) is 5. The molecule has 164 valence electrons. The van der Waals surface area contributed by atoms with Crippen LogP contribution in [0.5, 0.6) is 11.5 Å². The van der Waals surface area contributed by atoms with Gasteiger partial charge in [0.05, 0.1) is 18.7 Å². The number of imide groups is 1. The molecule has 1 aliphatic heterocycles. The average Bonchev–Trinajstić information content (AvgIpc) is 2.98. The lowest BCUT2D eigenvalue weighted by atomic mass is 9.76. The van der Waals surface area contributed by atoms with E-state index in [4.69, 9.17) is 32.7 Å². The van der Waals surface area contributed by atoms with E-state index in [9.17, 15) is 14.7 Å². The Balaban J connectivity index is 1.49. The number of β-amino-alcohol motifs (C(OH)–C–C–N with tert-alkyl or cyclic N) is 1. The van der Waals surface area contributed by atoms with E-state index in [2.05, 4.69) is 5.32 Å². The monoisotopic (exact) mass is 464 g/mol. The Morgan fingerprint density at radius 3 is 2.81 bits per heavy atom. The van der Waals surface area contributed by atoms with Crippen molar-refractivity contribution in [3.05, 3.63) is 57.6 Å². The van der Waals surface area contributed by atoms with Crippen molar-refractivity contribution in [1.82, 2.24) is 10.2 Å². The van der Waals surface area contributed by atoms with Crippen molar-refractivity contribution in [2.45, 2.75) is 30.9 Å². The summed E-state index contributed by atoms with van der Waals surface area (Å²) in [7, 11) is 1.59. The number of carbonyl (C=O) groups is 2. The van der Waals surface area contributed by atoms with E-state index >= 15 is 0 Å². The molecule has 0 aromatic heterocycles. The summed E-state index contributed by atoms with van der Waals surface area (Å²) >= 11 is 12.0. The molecule has 1 heterocycles. The van der Waals surface area contributed by atoms with Crippen LogP contribution in [-0.4, -0.2) is 48.3 Å². The van der Waals surface area contributed by atoms with Crippen LogP contribution in [0.1, 0.15) is 24.0 Å². The largest absolute Gasteiger partial charge is 0.497 e. The molecule has 2 aromatic carbocycles. The number of urea groups is 1. The van der Waals surface area contributed by atoms with Gasteiger partial charge in [0.25, 0.3) is 5.91 Å². The number of benzene rings is 2. The molecule has 0 radical (unpaired) electrons. The second-order valence-corrected chi connectivity index (χ2v) is 8.51. The summed E-state index contributed by atoms with van der Waals surface area (Å²) in [5.74, 6) is 0.650. The van der Waals surface area contributed by atoms with Gasteiger partial charge in [-0.25, -0.2) is 4.79 Å². The topological polar surface area (TPSA) is 88.1 Å². The zero-order chi connectivity index (χ0) is 22.2. The predicted molar refractivity (Wildman–Crippen MR) is 116 cm³/mol. The van der Waals surface area contributed by atoms with E-state index in [0.717, 1.165) is 28.9 Å². The second kappa shape index (κ2) is 8.57. The highest BCUT2D eigenvalue weighted by molar-refractivity contribution is 6.34. The number of aliphatic hydroxyl groups is 1. The Labute approximate surface area is 189 Å². The fraction of sp³-hybridized carbons (Fsp3) is 0.364. The molecule has 4 rings (SSSR count). The minimum atomic E-state index is -1.12. The highest BCUT2D eigenvalue weighted by atomic mass is 35.5. The number of fused-ring (bicyclic) bond motifs is 2. The quantitative estimate of drug-likeness (QED) is 0.638. The average molecular weight is 465 g/mol. The highest BCUT2D eigenvalue weighted by Crippen LogP contribution is 2.41. The Hall–Kier alpha value is -2.48. The van der Waals surface area contributed by atoms with Crippen molar-refractivity contribution < 1.29 is 24.2 Å². The molecule has 2 aromatic rings. The van der Waals surface area contributed by atoms with E-state index in [1.165, 1.54) is 6.07 Å². The fourth-order valence-electron chi connectivity index (χ4n) is 4.18. The number of halogens is 2. The molecule has 2 atom stereocenters. The molecule has 0 bridgehead atoms. The molecule has 1 fully saturated rings. The number of nitrogens with one attached hydrogen (secondary N) is 1. The van der Waals surface area contributed by atoms with E-state index in [1.54, 1.807) is 25.3 Å². The lowest BCUT2D eigenvalue weighted by molar-refractivity contribution is -0.133. The standard InChI is InChI=1S/C22H22Cl2N2O5/c1-30-16-5-6-17-13(9-16)3-2-8-22(17)20(28)26(21(29)25-22)11-15(27)12-31-19-10-14(23)4-7-18(19)24/h4-7,9-10,15,27H,2-3,8,11-12H2,1H3,(H,25,29)/t15-,22-/m1/s1. The predicted octanol–water partition coefficient (Wildman–Crippen LogP) is 3.53. The van der Waals surface area contributed by atoms with Crippen molar-refractivity contribution in [2.75, 3.05) is 20.3 Å². The first-order valence-corrected chi connectivity index (χ1v) is 10.7. The van der Waals surface area contributed by atoms with Crippen LogP contribution in [0.25, 0.3) is 0 Å². The zero-order valence-corrected chi connectivity index (χ0v) is 18.4. The highest BCUT2D eigenvalue weighted by Gasteiger charge is 2.54. The Morgan fingerprint density at radius 1 is 1.23 bits per heavy atom. The van der Waals surface area contributed by atoms with Gasteiger partial charge in [-0.15, -0.1) is 0 Å². The van der Waals surface area contributed by atoms with Gasteiger partial charge in [0, 0.05) is 11.1 Å². The third kappa shape index (κ3) is 4.05. The van der Waals surface area contributed by atoms with Gasteiger partial charge >= 0.3 is 6.03 Å². The smallest absolute Gasteiger partial charge is 0.325 e. The lowest BCUT2D eigenvalue weighted by Gasteiger charge is -2.33. The third-order valence-corrected chi connectivity index (χ3v) is 6.21. The lowest BCUT2D eigenvalue weighted by Crippen LogP contribution is -2.47. The summed E-state index contributed by atoms with van der Waals surface area (Å²) in [6.07, 6.45) is 0.949. The van der Waals surface area contributed by atoms with E-state index in [0.29, 0.717) is 28.0 Å². The van der Waals surface area contributed by atoms with Crippen molar-refractivity contribution in [2.24, 2.45) is 0 Å². The SMILES string of the molecule is COc1ccc2c(c1)CCC[C@@]21NC(=O)N(C[C@@H](O)COc2cc(Cl)ccc2Cl)C1=O. The Kier molecular flexibility index (Phi) is 6.01. The van der Waals surface area contributed by atoms with Crippen LogP contribution in [0, 0.1) is 0 Å².